The standard InChI is InChI=1S/C26H32FN5O3S/c1-18(2)32-25(19(3)35-23-11-9-22(34-4)10-12-23)28-29-26(32)36-17-24(33)31-15-13-30(14-16-31)21-7-5-20(27)6-8-21/h5-12,18-19H,13-17H2,1-4H3. The number of carbonyl (C=O) groups excluding carboxylic acids is 1. The summed E-state index contributed by atoms with van der Waals surface area (Å²) in [5, 5.41) is 9.46. The van der Waals surface area contributed by atoms with E-state index in [-0.39, 0.29) is 29.6 Å². The number of methoxy groups -OCH3 is 1. The minimum absolute atomic E-state index is 0.0705. The van der Waals surface area contributed by atoms with E-state index < -0.39 is 0 Å². The number of nitrogens with zero attached hydrogens (tertiary/aromatic N) is 5. The van der Waals surface area contributed by atoms with Crippen molar-refractivity contribution in [2.45, 2.75) is 38.1 Å². The fourth-order valence-electron chi connectivity index (χ4n) is 4.14. The van der Waals surface area contributed by atoms with Crippen LogP contribution in [0.5, 0.6) is 11.5 Å². The van der Waals surface area contributed by atoms with Crippen LogP contribution >= 0.6 is 11.8 Å². The zero-order valence-corrected chi connectivity index (χ0v) is 21.9. The second-order valence-electron chi connectivity index (χ2n) is 8.87. The minimum Gasteiger partial charge on any atom is -0.497 e. The van der Waals surface area contributed by atoms with Gasteiger partial charge in [-0.25, -0.2) is 4.39 Å². The Hall–Kier alpha value is -3.27. The molecule has 8 nitrogen and oxygen atoms in total. The smallest absolute Gasteiger partial charge is 0.233 e. The van der Waals surface area contributed by atoms with E-state index >= 15 is 0 Å². The highest BCUT2D eigenvalue weighted by molar-refractivity contribution is 7.99. The van der Waals surface area contributed by atoms with Gasteiger partial charge in [0.25, 0.3) is 0 Å². The first-order valence-corrected chi connectivity index (χ1v) is 13.0. The van der Waals surface area contributed by atoms with Crippen LogP contribution in [0.1, 0.15) is 38.7 Å². The van der Waals surface area contributed by atoms with Gasteiger partial charge < -0.3 is 23.8 Å². The molecule has 1 amide bonds. The molecule has 1 unspecified atom stereocenters. The van der Waals surface area contributed by atoms with E-state index in [0.29, 0.717) is 42.9 Å². The van der Waals surface area contributed by atoms with Crippen molar-refractivity contribution in [2.75, 3.05) is 43.9 Å². The zero-order valence-electron chi connectivity index (χ0n) is 21.1. The van der Waals surface area contributed by atoms with Crippen LogP contribution in [0.15, 0.2) is 53.7 Å². The minimum atomic E-state index is -0.321. The Morgan fingerprint density at radius 3 is 2.22 bits per heavy atom. The van der Waals surface area contributed by atoms with Crippen molar-refractivity contribution in [3.8, 4) is 11.5 Å². The number of ether oxygens (including phenoxy) is 2. The monoisotopic (exact) mass is 513 g/mol. The SMILES string of the molecule is COc1ccc(OC(C)c2nnc(SCC(=O)N3CCN(c4ccc(F)cc4)CC3)n2C(C)C)cc1. The molecule has 0 spiro atoms. The number of thioether (sulfide) groups is 1. The first-order valence-electron chi connectivity index (χ1n) is 12.0. The first-order chi connectivity index (χ1) is 17.4. The molecule has 1 atom stereocenters. The molecule has 0 saturated carbocycles. The highest BCUT2D eigenvalue weighted by Crippen LogP contribution is 2.28. The number of halogens is 1. The third-order valence-corrected chi connectivity index (χ3v) is 7.02. The van der Waals surface area contributed by atoms with Gasteiger partial charge in [0, 0.05) is 37.9 Å². The molecule has 1 aromatic heterocycles. The highest BCUT2D eigenvalue weighted by Gasteiger charge is 2.25. The molecule has 2 heterocycles. The van der Waals surface area contributed by atoms with Crippen LogP contribution in [0.3, 0.4) is 0 Å². The van der Waals surface area contributed by atoms with Gasteiger partial charge in [-0.15, -0.1) is 10.2 Å². The predicted molar refractivity (Wildman–Crippen MR) is 138 cm³/mol. The summed E-state index contributed by atoms with van der Waals surface area (Å²) in [5.41, 5.74) is 0.974. The Morgan fingerprint density at radius 1 is 0.972 bits per heavy atom. The van der Waals surface area contributed by atoms with Crippen molar-refractivity contribution < 1.29 is 18.7 Å². The molecule has 1 saturated heterocycles. The fourth-order valence-corrected chi connectivity index (χ4v) is 5.12. The van der Waals surface area contributed by atoms with Gasteiger partial charge in [-0.3, -0.25) is 4.79 Å². The van der Waals surface area contributed by atoms with E-state index in [0.717, 1.165) is 11.4 Å². The van der Waals surface area contributed by atoms with Crippen molar-refractivity contribution in [3.63, 3.8) is 0 Å². The molecule has 4 rings (SSSR count). The molecule has 3 aromatic rings. The van der Waals surface area contributed by atoms with Crippen molar-refractivity contribution >= 4 is 23.4 Å². The Balaban J connectivity index is 1.34. The Labute approximate surface area is 215 Å². The molecule has 10 heteroatoms. The maximum Gasteiger partial charge on any atom is 0.233 e. The Morgan fingerprint density at radius 2 is 1.61 bits per heavy atom. The molecular formula is C26H32FN5O3S. The molecule has 2 aromatic carbocycles. The summed E-state index contributed by atoms with van der Waals surface area (Å²) in [7, 11) is 1.63. The van der Waals surface area contributed by atoms with Crippen LogP contribution < -0.4 is 14.4 Å². The van der Waals surface area contributed by atoms with E-state index in [9.17, 15) is 9.18 Å². The van der Waals surface area contributed by atoms with Crippen LogP contribution in [0.2, 0.25) is 0 Å². The van der Waals surface area contributed by atoms with Gasteiger partial charge in [0.15, 0.2) is 17.1 Å². The summed E-state index contributed by atoms with van der Waals surface area (Å²) in [5.74, 6) is 2.30. The number of benzene rings is 2. The molecule has 0 radical (unpaired) electrons. The van der Waals surface area contributed by atoms with Crippen LogP contribution in [0.25, 0.3) is 0 Å². The summed E-state index contributed by atoms with van der Waals surface area (Å²) < 4.78 is 26.5. The largest absolute Gasteiger partial charge is 0.497 e. The number of aromatic nitrogens is 3. The number of hydrogen-bond donors (Lipinski definition) is 0. The number of hydrogen-bond acceptors (Lipinski definition) is 7. The second kappa shape index (κ2) is 11.6. The normalized spacial score (nSPS) is 14.7. The molecule has 1 aliphatic rings. The number of amides is 1. The fraction of sp³-hybridized carbons (Fsp3) is 0.423. The first kappa shape index (κ1) is 25.8. The molecule has 192 valence electrons. The molecule has 0 N–H and O–H groups in total. The molecule has 0 bridgehead atoms. The summed E-state index contributed by atoms with van der Waals surface area (Å²) >= 11 is 1.40. The maximum atomic E-state index is 13.2. The van der Waals surface area contributed by atoms with Crippen LogP contribution in [0.4, 0.5) is 10.1 Å². The van der Waals surface area contributed by atoms with E-state index in [1.807, 2.05) is 40.7 Å². The van der Waals surface area contributed by atoms with Gasteiger partial charge >= 0.3 is 0 Å². The number of piperazine rings is 1. The lowest BCUT2D eigenvalue weighted by atomic mass is 10.2. The van der Waals surface area contributed by atoms with Crippen LogP contribution in [-0.4, -0.2) is 64.6 Å². The number of carbonyl (C=O) groups is 1. The van der Waals surface area contributed by atoms with Gasteiger partial charge in [0.1, 0.15) is 17.3 Å². The molecule has 36 heavy (non-hydrogen) atoms. The lowest BCUT2D eigenvalue weighted by molar-refractivity contribution is -0.128. The Kier molecular flexibility index (Phi) is 8.35. The lowest BCUT2D eigenvalue weighted by Crippen LogP contribution is -2.49. The van der Waals surface area contributed by atoms with Crippen LogP contribution in [-0.2, 0) is 4.79 Å². The van der Waals surface area contributed by atoms with E-state index in [4.69, 9.17) is 9.47 Å². The Bertz CT molecular complexity index is 1150. The van der Waals surface area contributed by atoms with E-state index in [2.05, 4.69) is 28.9 Å². The lowest BCUT2D eigenvalue weighted by Gasteiger charge is -2.36. The quantitative estimate of drug-likeness (QED) is 0.388. The molecule has 0 aliphatic carbocycles. The summed E-state index contributed by atoms with van der Waals surface area (Å²) in [6, 6.07) is 14.0. The molecule has 1 aliphatic heterocycles. The zero-order chi connectivity index (χ0) is 25.7. The predicted octanol–water partition coefficient (Wildman–Crippen LogP) is 4.59. The van der Waals surface area contributed by atoms with Crippen molar-refractivity contribution in [1.29, 1.82) is 0 Å². The third kappa shape index (κ3) is 6.10. The topological polar surface area (TPSA) is 72.7 Å². The van der Waals surface area contributed by atoms with Gasteiger partial charge in [-0.2, -0.15) is 0 Å². The summed E-state index contributed by atoms with van der Waals surface area (Å²) in [6.07, 6.45) is -0.321. The number of rotatable bonds is 9. The van der Waals surface area contributed by atoms with Crippen LogP contribution in [0, 0.1) is 5.82 Å². The molecule has 1 fully saturated rings. The maximum absolute atomic E-state index is 13.2. The third-order valence-electron chi connectivity index (χ3n) is 6.09. The van der Waals surface area contributed by atoms with Gasteiger partial charge in [0.05, 0.1) is 12.9 Å². The highest BCUT2D eigenvalue weighted by atomic mass is 32.2. The average molecular weight is 514 g/mol. The van der Waals surface area contributed by atoms with Crippen molar-refractivity contribution in [3.05, 3.63) is 60.2 Å². The van der Waals surface area contributed by atoms with E-state index in [1.54, 1.807) is 19.2 Å². The van der Waals surface area contributed by atoms with E-state index in [1.165, 1.54) is 23.9 Å². The van der Waals surface area contributed by atoms with Gasteiger partial charge in [-0.05, 0) is 69.3 Å². The summed E-state index contributed by atoms with van der Waals surface area (Å²) in [4.78, 5) is 17.0. The second-order valence-corrected chi connectivity index (χ2v) is 9.82. The van der Waals surface area contributed by atoms with Crippen molar-refractivity contribution in [2.24, 2.45) is 0 Å². The summed E-state index contributed by atoms with van der Waals surface area (Å²) in [6.45, 7) is 8.76. The average Bonchev–Trinajstić information content (AvgIpc) is 3.33. The molecular weight excluding hydrogens is 481 g/mol. The van der Waals surface area contributed by atoms with Gasteiger partial charge in [-0.1, -0.05) is 11.8 Å². The number of anilines is 1. The van der Waals surface area contributed by atoms with Gasteiger partial charge in [0.2, 0.25) is 5.91 Å². The van der Waals surface area contributed by atoms with Crippen molar-refractivity contribution in [1.82, 2.24) is 19.7 Å².